The molecule has 1 heterocycles. The number of ether oxygens (including phenoxy) is 2. The zero-order valence-electron chi connectivity index (χ0n) is 12.0. The Bertz CT molecular complexity index is 854. The molecule has 0 fully saturated rings. The van der Waals surface area contributed by atoms with Gasteiger partial charge in [-0.2, -0.15) is 0 Å². The number of fused-ring (bicyclic) bond motifs is 1. The Morgan fingerprint density at radius 1 is 1.17 bits per heavy atom. The molecule has 0 saturated heterocycles. The van der Waals surface area contributed by atoms with Crippen LogP contribution in [-0.2, 0) is 4.79 Å². The number of hydrogen-bond donors (Lipinski definition) is 1. The average Bonchev–Trinajstić information content (AvgIpc) is 2.52. The molecule has 0 radical (unpaired) electrons. The van der Waals surface area contributed by atoms with Crippen LogP contribution >= 0.6 is 11.6 Å². The summed E-state index contributed by atoms with van der Waals surface area (Å²) in [6.45, 7) is 0. The summed E-state index contributed by atoms with van der Waals surface area (Å²) in [7, 11) is 1.43. The summed E-state index contributed by atoms with van der Waals surface area (Å²) in [5, 5.41) is 10.1. The number of esters is 1. The maximum atomic E-state index is 12.5. The number of carbonyl (C=O) groups excluding carboxylic acids is 2. The van der Waals surface area contributed by atoms with E-state index in [1.54, 1.807) is 6.07 Å². The second-order valence-corrected chi connectivity index (χ2v) is 5.28. The predicted octanol–water partition coefficient (Wildman–Crippen LogP) is 3.24. The van der Waals surface area contributed by atoms with Crippen LogP contribution in [0.1, 0.15) is 15.9 Å². The number of phenolic OH excluding ortho intramolecular Hbond substituents is 1. The predicted molar refractivity (Wildman–Crippen MR) is 84.1 cm³/mol. The van der Waals surface area contributed by atoms with Crippen molar-refractivity contribution in [2.75, 3.05) is 7.11 Å². The summed E-state index contributed by atoms with van der Waals surface area (Å²) in [5.74, 6) is -0.850. The zero-order valence-corrected chi connectivity index (χ0v) is 12.8. The fourth-order valence-corrected chi connectivity index (χ4v) is 2.42. The first-order chi connectivity index (χ1) is 11.0. The van der Waals surface area contributed by atoms with Gasteiger partial charge in [0.2, 0.25) is 5.78 Å². The van der Waals surface area contributed by atoms with Crippen molar-refractivity contribution in [1.82, 2.24) is 0 Å². The number of rotatable bonds is 2. The number of carbonyl (C=O) groups is 2. The Balaban J connectivity index is 2.04. The van der Waals surface area contributed by atoms with E-state index in [2.05, 4.69) is 0 Å². The van der Waals surface area contributed by atoms with Gasteiger partial charge in [-0.1, -0.05) is 17.7 Å². The molecule has 0 atom stereocenters. The van der Waals surface area contributed by atoms with Gasteiger partial charge in [0.1, 0.15) is 11.3 Å². The minimum atomic E-state index is -0.750. The molecular formula is C17H11ClO5. The molecule has 0 saturated carbocycles. The van der Waals surface area contributed by atoms with Crippen molar-refractivity contribution in [2.24, 2.45) is 0 Å². The maximum Gasteiger partial charge on any atom is 0.347 e. The van der Waals surface area contributed by atoms with Gasteiger partial charge >= 0.3 is 5.97 Å². The van der Waals surface area contributed by atoms with Gasteiger partial charge in [-0.3, -0.25) is 4.79 Å². The van der Waals surface area contributed by atoms with E-state index in [0.29, 0.717) is 16.3 Å². The van der Waals surface area contributed by atoms with Crippen molar-refractivity contribution in [2.45, 2.75) is 0 Å². The molecule has 0 aromatic heterocycles. The summed E-state index contributed by atoms with van der Waals surface area (Å²) < 4.78 is 10.1. The van der Waals surface area contributed by atoms with E-state index in [0.717, 1.165) is 0 Å². The van der Waals surface area contributed by atoms with Crippen molar-refractivity contribution < 1.29 is 24.2 Å². The molecule has 3 rings (SSSR count). The lowest BCUT2D eigenvalue weighted by Gasteiger charge is -2.17. The van der Waals surface area contributed by atoms with Crippen LogP contribution in [0, 0.1) is 0 Å². The van der Waals surface area contributed by atoms with Crippen LogP contribution in [0.25, 0.3) is 6.08 Å². The highest BCUT2D eigenvalue weighted by atomic mass is 35.5. The number of phenols is 1. The number of Topliss-reactive ketones (excluding diaryl/α,β-unsaturated/α-hetero) is 1. The highest BCUT2D eigenvalue weighted by molar-refractivity contribution is 6.33. The van der Waals surface area contributed by atoms with Gasteiger partial charge in [0.25, 0.3) is 0 Å². The van der Waals surface area contributed by atoms with E-state index in [1.165, 1.54) is 43.5 Å². The van der Waals surface area contributed by atoms with Gasteiger partial charge < -0.3 is 14.6 Å². The monoisotopic (exact) mass is 330 g/mol. The molecule has 0 unspecified atom stereocenters. The van der Waals surface area contributed by atoms with Crippen molar-refractivity contribution in [3.8, 4) is 17.2 Å². The largest absolute Gasteiger partial charge is 0.504 e. The molecule has 116 valence electrons. The van der Waals surface area contributed by atoms with Gasteiger partial charge in [-0.25, -0.2) is 4.79 Å². The van der Waals surface area contributed by atoms with Gasteiger partial charge in [-0.05, 0) is 42.0 Å². The number of ketones is 1. The molecule has 0 bridgehead atoms. The standard InChI is InChI=1S/C17H11ClO5/c1-22-15-4-2-9(7-13(15)19)6-12-16(20)11-8-10(18)3-5-14(11)23-17(12)21/h2-8,19H,1H3/b12-6-. The van der Waals surface area contributed by atoms with Crippen molar-refractivity contribution in [3.05, 3.63) is 58.1 Å². The van der Waals surface area contributed by atoms with E-state index in [4.69, 9.17) is 21.1 Å². The Morgan fingerprint density at radius 2 is 1.96 bits per heavy atom. The van der Waals surface area contributed by atoms with E-state index in [-0.39, 0.29) is 22.6 Å². The van der Waals surface area contributed by atoms with Crippen molar-refractivity contribution in [1.29, 1.82) is 0 Å². The van der Waals surface area contributed by atoms with Gasteiger partial charge in [-0.15, -0.1) is 0 Å². The van der Waals surface area contributed by atoms with Crippen LogP contribution in [0.4, 0.5) is 0 Å². The first kappa shape index (κ1) is 15.1. The van der Waals surface area contributed by atoms with Gasteiger partial charge in [0.15, 0.2) is 11.5 Å². The molecule has 0 aliphatic carbocycles. The zero-order chi connectivity index (χ0) is 16.6. The van der Waals surface area contributed by atoms with Crippen LogP contribution in [0.3, 0.4) is 0 Å². The van der Waals surface area contributed by atoms with E-state index in [9.17, 15) is 14.7 Å². The third-order valence-corrected chi connectivity index (χ3v) is 3.60. The Morgan fingerprint density at radius 3 is 2.65 bits per heavy atom. The topological polar surface area (TPSA) is 72.8 Å². The van der Waals surface area contributed by atoms with Gasteiger partial charge in [0.05, 0.1) is 12.7 Å². The number of methoxy groups -OCH3 is 1. The number of benzene rings is 2. The summed E-state index contributed by atoms with van der Waals surface area (Å²) in [6, 6.07) is 9.00. The SMILES string of the molecule is COc1ccc(/C=C2\C(=O)Oc3ccc(Cl)cc3C2=O)cc1O. The molecule has 5 nitrogen and oxygen atoms in total. The molecule has 0 spiro atoms. The highest BCUT2D eigenvalue weighted by Gasteiger charge is 2.30. The first-order valence-corrected chi connectivity index (χ1v) is 7.02. The van der Waals surface area contributed by atoms with E-state index in [1.807, 2.05) is 0 Å². The third-order valence-electron chi connectivity index (χ3n) is 3.37. The second-order valence-electron chi connectivity index (χ2n) is 4.85. The van der Waals surface area contributed by atoms with Crippen LogP contribution in [0.5, 0.6) is 17.2 Å². The quantitative estimate of drug-likeness (QED) is 0.396. The smallest absolute Gasteiger partial charge is 0.347 e. The molecule has 6 heteroatoms. The minimum Gasteiger partial charge on any atom is -0.504 e. The molecule has 1 N–H and O–H groups in total. The van der Waals surface area contributed by atoms with Gasteiger partial charge in [0, 0.05) is 5.02 Å². The number of hydrogen-bond acceptors (Lipinski definition) is 5. The fourth-order valence-electron chi connectivity index (χ4n) is 2.25. The lowest BCUT2D eigenvalue weighted by molar-refractivity contribution is -0.130. The summed E-state index contributed by atoms with van der Waals surface area (Å²) in [4.78, 5) is 24.5. The molecule has 2 aromatic carbocycles. The van der Waals surface area contributed by atoms with Crippen molar-refractivity contribution >= 4 is 29.4 Å². The lowest BCUT2D eigenvalue weighted by Crippen LogP contribution is -2.25. The average molecular weight is 331 g/mol. The lowest BCUT2D eigenvalue weighted by atomic mass is 9.98. The first-order valence-electron chi connectivity index (χ1n) is 6.64. The van der Waals surface area contributed by atoms with Crippen LogP contribution in [0.2, 0.25) is 5.02 Å². The van der Waals surface area contributed by atoms with Crippen LogP contribution < -0.4 is 9.47 Å². The normalized spacial score (nSPS) is 15.3. The highest BCUT2D eigenvalue weighted by Crippen LogP contribution is 2.32. The minimum absolute atomic E-state index is 0.0954. The summed E-state index contributed by atoms with van der Waals surface area (Å²) >= 11 is 5.88. The maximum absolute atomic E-state index is 12.5. The number of halogens is 1. The summed E-state index contributed by atoms with van der Waals surface area (Å²) in [6.07, 6.45) is 1.35. The molecule has 1 aliphatic rings. The van der Waals surface area contributed by atoms with Crippen LogP contribution in [-0.4, -0.2) is 24.0 Å². The van der Waals surface area contributed by atoms with E-state index >= 15 is 0 Å². The Kier molecular flexibility index (Phi) is 3.80. The molecule has 23 heavy (non-hydrogen) atoms. The molecule has 2 aromatic rings. The number of aromatic hydroxyl groups is 1. The second kappa shape index (κ2) is 5.78. The Hall–Kier alpha value is -2.79. The van der Waals surface area contributed by atoms with Crippen molar-refractivity contribution in [3.63, 3.8) is 0 Å². The molecule has 1 aliphatic heterocycles. The van der Waals surface area contributed by atoms with Crippen LogP contribution in [0.15, 0.2) is 42.0 Å². The molecular weight excluding hydrogens is 320 g/mol. The Labute approximate surface area is 136 Å². The third kappa shape index (κ3) is 2.78. The fraction of sp³-hybridized carbons (Fsp3) is 0.0588. The molecule has 0 amide bonds. The summed E-state index contributed by atoms with van der Waals surface area (Å²) in [5.41, 5.74) is 0.555. The van der Waals surface area contributed by atoms with E-state index < -0.39 is 11.8 Å².